The number of aromatic nitrogens is 5. The van der Waals surface area contributed by atoms with Crippen LogP contribution in [0.5, 0.6) is 5.88 Å². The van der Waals surface area contributed by atoms with Crippen molar-refractivity contribution in [1.29, 1.82) is 0 Å². The Morgan fingerprint density at radius 3 is 2.80 bits per heavy atom. The molecule has 0 N–H and O–H groups in total. The minimum absolute atomic E-state index is 0.0254. The second-order valence-electron chi connectivity index (χ2n) is 8.35. The van der Waals surface area contributed by atoms with E-state index in [1.165, 1.54) is 16.9 Å². The van der Waals surface area contributed by atoms with Crippen molar-refractivity contribution in [2.45, 2.75) is 31.9 Å². The van der Waals surface area contributed by atoms with Gasteiger partial charge in [-0.05, 0) is 43.9 Å². The molecule has 4 unspecified atom stereocenters. The molecule has 3 fully saturated rings. The fourth-order valence-corrected chi connectivity index (χ4v) is 5.18. The lowest BCUT2D eigenvalue weighted by atomic mass is 9.73. The van der Waals surface area contributed by atoms with E-state index in [9.17, 15) is 9.18 Å². The first-order valence-electron chi connectivity index (χ1n) is 9.99. The van der Waals surface area contributed by atoms with Gasteiger partial charge in [0.15, 0.2) is 5.69 Å². The van der Waals surface area contributed by atoms with Gasteiger partial charge in [0.05, 0.1) is 24.6 Å². The molecular formula is C21H19FN6O2. The average molecular weight is 406 g/mol. The standard InChI is InChI=1S/C21H19FN6O2/c1-12-2-4-15(28-24-6-7-25-28)18(26-12)20(29)27-11-13-8-21(13)9-16(19(21)27)30-17-5-3-14(22)10-23-17/h2-7,10,13,16,19H,8-9,11H2,1H3. The van der Waals surface area contributed by atoms with Crippen molar-refractivity contribution in [1.82, 2.24) is 29.9 Å². The van der Waals surface area contributed by atoms with E-state index in [4.69, 9.17) is 4.74 Å². The Labute approximate surface area is 171 Å². The molecule has 1 spiro atoms. The zero-order valence-corrected chi connectivity index (χ0v) is 16.3. The highest BCUT2D eigenvalue weighted by Crippen LogP contribution is 2.71. The van der Waals surface area contributed by atoms with Crippen LogP contribution in [0.25, 0.3) is 5.69 Å². The molecule has 0 aromatic carbocycles. The first kappa shape index (κ1) is 17.5. The largest absolute Gasteiger partial charge is 0.472 e. The molecule has 1 saturated heterocycles. The van der Waals surface area contributed by atoms with E-state index in [1.807, 2.05) is 24.0 Å². The van der Waals surface area contributed by atoms with Crippen molar-refractivity contribution in [2.75, 3.05) is 6.54 Å². The molecule has 3 aromatic heterocycles. The number of aryl methyl sites for hydroxylation is 1. The Bertz CT molecular complexity index is 1130. The van der Waals surface area contributed by atoms with Gasteiger partial charge in [-0.25, -0.2) is 14.4 Å². The van der Waals surface area contributed by atoms with Gasteiger partial charge in [0.25, 0.3) is 5.91 Å². The molecule has 1 aliphatic heterocycles. The fourth-order valence-electron chi connectivity index (χ4n) is 5.18. The summed E-state index contributed by atoms with van der Waals surface area (Å²) in [7, 11) is 0. The van der Waals surface area contributed by atoms with Gasteiger partial charge in [0.1, 0.15) is 17.6 Å². The zero-order valence-electron chi connectivity index (χ0n) is 16.3. The number of pyridine rings is 2. The molecule has 0 radical (unpaired) electrons. The first-order valence-corrected chi connectivity index (χ1v) is 9.99. The number of carbonyl (C=O) groups excluding carboxylic acids is 1. The number of rotatable bonds is 4. The van der Waals surface area contributed by atoms with Crippen molar-refractivity contribution < 1.29 is 13.9 Å². The van der Waals surface area contributed by atoms with E-state index in [1.54, 1.807) is 12.4 Å². The summed E-state index contributed by atoms with van der Waals surface area (Å²) < 4.78 is 19.2. The van der Waals surface area contributed by atoms with Gasteiger partial charge in [0, 0.05) is 23.7 Å². The number of nitrogens with zero attached hydrogens (tertiary/aromatic N) is 6. The monoisotopic (exact) mass is 406 g/mol. The van der Waals surface area contributed by atoms with Crippen molar-refractivity contribution in [2.24, 2.45) is 11.3 Å². The molecule has 152 valence electrons. The van der Waals surface area contributed by atoms with Gasteiger partial charge in [-0.3, -0.25) is 4.79 Å². The minimum atomic E-state index is -0.405. The van der Waals surface area contributed by atoms with Crippen LogP contribution in [0.15, 0.2) is 42.9 Å². The van der Waals surface area contributed by atoms with Crippen LogP contribution >= 0.6 is 0 Å². The summed E-state index contributed by atoms with van der Waals surface area (Å²) >= 11 is 0. The Hall–Kier alpha value is -3.36. The lowest BCUT2D eigenvalue weighted by Gasteiger charge is -2.46. The highest BCUT2D eigenvalue weighted by molar-refractivity contribution is 5.96. The maximum atomic E-state index is 13.6. The van der Waals surface area contributed by atoms with E-state index < -0.39 is 5.82 Å². The van der Waals surface area contributed by atoms with Gasteiger partial charge in [-0.2, -0.15) is 10.2 Å². The molecule has 2 aliphatic carbocycles. The highest BCUT2D eigenvalue weighted by Gasteiger charge is 2.76. The van der Waals surface area contributed by atoms with Crippen LogP contribution in [0.1, 0.15) is 29.0 Å². The Morgan fingerprint density at radius 1 is 1.20 bits per heavy atom. The molecule has 2 saturated carbocycles. The second kappa shape index (κ2) is 6.07. The molecule has 6 rings (SSSR count). The lowest BCUT2D eigenvalue weighted by molar-refractivity contribution is -0.0347. The summed E-state index contributed by atoms with van der Waals surface area (Å²) in [6.07, 6.45) is 6.13. The summed E-state index contributed by atoms with van der Waals surface area (Å²) in [6, 6.07) is 6.49. The predicted octanol–water partition coefficient (Wildman–Crippen LogP) is 2.19. The topological polar surface area (TPSA) is 86.0 Å². The van der Waals surface area contributed by atoms with Gasteiger partial charge < -0.3 is 9.64 Å². The number of amides is 1. The molecular weight excluding hydrogens is 387 g/mol. The van der Waals surface area contributed by atoms with Crippen LogP contribution in [0, 0.1) is 24.1 Å². The summed E-state index contributed by atoms with van der Waals surface area (Å²) in [5.74, 6) is 0.340. The van der Waals surface area contributed by atoms with Crippen LogP contribution in [-0.2, 0) is 0 Å². The third-order valence-corrected chi connectivity index (χ3v) is 6.64. The fraction of sp³-hybridized carbons (Fsp3) is 0.381. The SMILES string of the molecule is Cc1ccc(-n2nccn2)c(C(=O)N2CC3CC34CC(Oc3ccc(F)cn3)C24)n1. The summed E-state index contributed by atoms with van der Waals surface area (Å²) in [5.41, 5.74) is 1.80. The molecule has 0 bridgehead atoms. The lowest BCUT2D eigenvalue weighted by Crippen LogP contribution is -2.59. The number of likely N-dealkylation sites (tertiary alicyclic amines) is 1. The van der Waals surface area contributed by atoms with Crippen LogP contribution in [0.3, 0.4) is 0 Å². The van der Waals surface area contributed by atoms with Crippen LogP contribution < -0.4 is 4.74 Å². The molecule has 1 amide bonds. The third-order valence-electron chi connectivity index (χ3n) is 6.64. The normalized spacial score (nSPS) is 28.5. The van der Waals surface area contributed by atoms with Gasteiger partial charge in [-0.15, -0.1) is 4.80 Å². The quantitative estimate of drug-likeness (QED) is 0.660. The molecule has 8 nitrogen and oxygen atoms in total. The smallest absolute Gasteiger partial charge is 0.275 e. The average Bonchev–Trinajstić information content (AvgIpc) is 3.10. The van der Waals surface area contributed by atoms with Crippen molar-refractivity contribution in [3.63, 3.8) is 0 Å². The predicted molar refractivity (Wildman–Crippen MR) is 102 cm³/mol. The zero-order chi connectivity index (χ0) is 20.5. The van der Waals surface area contributed by atoms with Crippen molar-refractivity contribution >= 4 is 5.91 Å². The molecule has 4 atom stereocenters. The van der Waals surface area contributed by atoms with Crippen LogP contribution in [-0.4, -0.2) is 54.5 Å². The Kier molecular flexibility index (Phi) is 3.54. The van der Waals surface area contributed by atoms with E-state index >= 15 is 0 Å². The van der Waals surface area contributed by atoms with Crippen molar-refractivity contribution in [3.05, 3.63) is 60.1 Å². The molecule has 4 heterocycles. The number of hydrogen-bond acceptors (Lipinski definition) is 6. The maximum absolute atomic E-state index is 13.6. The van der Waals surface area contributed by atoms with Crippen molar-refractivity contribution in [3.8, 4) is 11.6 Å². The second-order valence-corrected chi connectivity index (χ2v) is 8.35. The summed E-state index contributed by atoms with van der Waals surface area (Å²) in [4.78, 5) is 25.4. The van der Waals surface area contributed by atoms with Gasteiger partial charge in [0.2, 0.25) is 5.88 Å². The first-order chi connectivity index (χ1) is 14.5. The number of hydrogen-bond donors (Lipinski definition) is 0. The maximum Gasteiger partial charge on any atom is 0.275 e. The van der Waals surface area contributed by atoms with E-state index in [-0.39, 0.29) is 23.5 Å². The number of ether oxygens (including phenoxy) is 1. The minimum Gasteiger partial charge on any atom is -0.472 e. The highest BCUT2D eigenvalue weighted by atomic mass is 19.1. The van der Waals surface area contributed by atoms with Gasteiger partial charge >= 0.3 is 0 Å². The van der Waals surface area contributed by atoms with Crippen LogP contribution in [0.2, 0.25) is 0 Å². The van der Waals surface area contributed by atoms with E-state index in [0.717, 1.165) is 24.7 Å². The van der Waals surface area contributed by atoms with E-state index in [2.05, 4.69) is 20.2 Å². The van der Waals surface area contributed by atoms with E-state index in [0.29, 0.717) is 29.7 Å². The molecule has 3 aliphatic rings. The molecule has 30 heavy (non-hydrogen) atoms. The molecule has 9 heteroatoms. The third kappa shape index (κ3) is 2.47. The molecule has 3 aromatic rings. The van der Waals surface area contributed by atoms with Crippen LogP contribution in [0.4, 0.5) is 4.39 Å². The Morgan fingerprint density at radius 2 is 2.03 bits per heavy atom. The summed E-state index contributed by atoms with van der Waals surface area (Å²) in [5, 5.41) is 8.33. The number of carbonyl (C=O) groups is 1. The number of halogens is 1. The van der Waals surface area contributed by atoms with Gasteiger partial charge in [-0.1, -0.05) is 0 Å². The summed E-state index contributed by atoms with van der Waals surface area (Å²) in [6.45, 7) is 2.55. The Balaban J connectivity index is 1.30. The number of piperidine rings is 1.